The molecule has 1 aliphatic heterocycles. The summed E-state index contributed by atoms with van der Waals surface area (Å²) in [6, 6.07) is -0.488. The standard InChI is InChI=1S/C10H14F3NO4S/c11-10(12,13)6-18-4-8(15)14-1-2-19-5-7(14)3-9(16)17/h7H,1-6H2,(H,16,17). The van der Waals surface area contributed by atoms with Crippen molar-refractivity contribution in [1.29, 1.82) is 0 Å². The number of ether oxygens (including phenoxy) is 1. The Balaban J connectivity index is 2.45. The molecule has 0 saturated carbocycles. The number of carboxylic acids is 1. The monoisotopic (exact) mass is 301 g/mol. The van der Waals surface area contributed by atoms with Crippen LogP contribution in [-0.4, -0.2) is 65.4 Å². The number of halogens is 3. The molecule has 0 spiro atoms. The van der Waals surface area contributed by atoms with E-state index in [2.05, 4.69) is 4.74 Å². The predicted molar refractivity (Wildman–Crippen MR) is 62.0 cm³/mol. The fourth-order valence-electron chi connectivity index (χ4n) is 1.69. The third kappa shape index (κ3) is 6.15. The van der Waals surface area contributed by atoms with E-state index in [1.165, 1.54) is 16.7 Å². The third-order valence-electron chi connectivity index (χ3n) is 2.45. The van der Waals surface area contributed by atoms with Crippen molar-refractivity contribution >= 4 is 23.6 Å². The molecule has 0 aromatic carbocycles. The number of carbonyl (C=O) groups excluding carboxylic acids is 1. The Labute approximate surface area is 112 Å². The van der Waals surface area contributed by atoms with Crippen molar-refractivity contribution in [3.8, 4) is 0 Å². The van der Waals surface area contributed by atoms with E-state index in [1.54, 1.807) is 0 Å². The van der Waals surface area contributed by atoms with Gasteiger partial charge in [-0.2, -0.15) is 24.9 Å². The summed E-state index contributed by atoms with van der Waals surface area (Å²) in [6.07, 6.45) is -4.68. The Morgan fingerprint density at radius 3 is 2.68 bits per heavy atom. The van der Waals surface area contributed by atoms with E-state index >= 15 is 0 Å². The summed E-state index contributed by atoms with van der Waals surface area (Å²) in [7, 11) is 0. The molecular weight excluding hydrogens is 287 g/mol. The minimum absolute atomic E-state index is 0.210. The fraction of sp³-hybridized carbons (Fsp3) is 0.800. The Morgan fingerprint density at radius 2 is 2.11 bits per heavy atom. The summed E-state index contributed by atoms with van der Waals surface area (Å²) in [5.41, 5.74) is 0. The normalized spacial score (nSPS) is 20.4. The van der Waals surface area contributed by atoms with E-state index in [0.29, 0.717) is 18.1 Å². The number of carbonyl (C=O) groups is 2. The second-order valence-electron chi connectivity index (χ2n) is 4.02. The maximum atomic E-state index is 11.9. The molecule has 1 atom stereocenters. The molecule has 1 N–H and O–H groups in total. The minimum Gasteiger partial charge on any atom is -0.481 e. The highest BCUT2D eigenvalue weighted by Gasteiger charge is 2.31. The molecule has 1 amide bonds. The number of amides is 1. The zero-order valence-electron chi connectivity index (χ0n) is 9.98. The van der Waals surface area contributed by atoms with Gasteiger partial charge in [-0.3, -0.25) is 9.59 Å². The second-order valence-corrected chi connectivity index (χ2v) is 5.17. The van der Waals surface area contributed by atoms with E-state index in [4.69, 9.17) is 5.11 Å². The van der Waals surface area contributed by atoms with Crippen LogP contribution in [0.25, 0.3) is 0 Å². The van der Waals surface area contributed by atoms with Crippen molar-refractivity contribution in [2.24, 2.45) is 0 Å². The Kier molecular flexibility index (Phi) is 5.92. The molecule has 9 heteroatoms. The Morgan fingerprint density at radius 1 is 1.42 bits per heavy atom. The number of thioether (sulfide) groups is 1. The molecule has 1 heterocycles. The van der Waals surface area contributed by atoms with Gasteiger partial charge in [0, 0.05) is 18.1 Å². The molecular formula is C10H14F3NO4S. The van der Waals surface area contributed by atoms with Gasteiger partial charge in [0.05, 0.1) is 12.5 Å². The average Bonchev–Trinajstić information content (AvgIpc) is 2.27. The summed E-state index contributed by atoms with van der Waals surface area (Å²) in [5, 5.41) is 8.72. The summed E-state index contributed by atoms with van der Waals surface area (Å²) < 4.78 is 39.9. The Hall–Kier alpha value is -0.960. The Bertz CT molecular complexity index is 337. The van der Waals surface area contributed by atoms with Crippen LogP contribution >= 0.6 is 11.8 Å². The smallest absolute Gasteiger partial charge is 0.411 e. The van der Waals surface area contributed by atoms with Crippen molar-refractivity contribution in [2.75, 3.05) is 31.3 Å². The van der Waals surface area contributed by atoms with Crippen LogP contribution in [0.5, 0.6) is 0 Å². The zero-order valence-corrected chi connectivity index (χ0v) is 10.8. The van der Waals surface area contributed by atoms with E-state index in [-0.39, 0.29) is 6.42 Å². The van der Waals surface area contributed by atoms with Gasteiger partial charge in [0.25, 0.3) is 0 Å². The first-order valence-corrected chi connectivity index (χ1v) is 6.68. The van der Waals surface area contributed by atoms with Crippen molar-refractivity contribution < 1.29 is 32.6 Å². The van der Waals surface area contributed by atoms with Gasteiger partial charge in [-0.05, 0) is 0 Å². The molecule has 1 unspecified atom stereocenters. The van der Waals surface area contributed by atoms with Crippen molar-refractivity contribution in [3.05, 3.63) is 0 Å². The molecule has 0 aromatic heterocycles. The maximum absolute atomic E-state index is 11.9. The number of hydrogen-bond donors (Lipinski definition) is 1. The average molecular weight is 301 g/mol. The highest BCUT2D eigenvalue weighted by atomic mass is 32.2. The second kappa shape index (κ2) is 6.99. The lowest BCUT2D eigenvalue weighted by atomic mass is 10.2. The van der Waals surface area contributed by atoms with Crippen LogP contribution in [0.4, 0.5) is 13.2 Å². The molecule has 19 heavy (non-hydrogen) atoms. The highest BCUT2D eigenvalue weighted by Crippen LogP contribution is 2.20. The largest absolute Gasteiger partial charge is 0.481 e. The van der Waals surface area contributed by atoms with E-state index < -0.39 is 37.3 Å². The van der Waals surface area contributed by atoms with Crippen LogP contribution < -0.4 is 0 Å². The quantitative estimate of drug-likeness (QED) is 0.820. The van der Waals surface area contributed by atoms with E-state index in [9.17, 15) is 22.8 Å². The summed E-state index contributed by atoms with van der Waals surface area (Å²) in [4.78, 5) is 23.7. The van der Waals surface area contributed by atoms with Crippen molar-refractivity contribution in [2.45, 2.75) is 18.6 Å². The first-order valence-electron chi connectivity index (χ1n) is 5.53. The number of rotatable bonds is 5. The lowest BCUT2D eigenvalue weighted by Gasteiger charge is -2.34. The lowest BCUT2D eigenvalue weighted by molar-refractivity contribution is -0.178. The number of aliphatic carboxylic acids is 1. The first kappa shape index (κ1) is 16.1. The minimum atomic E-state index is -4.47. The summed E-state index contributed by atoms with van der Waals surface area (Å²) in [5.74, 6) is -0.532. The van der Waals surface area contributed by atoms with E-state index in [1.807, 2.05) is 0 Å². The van der Waals surface area contributed by atoms with Crippen molar-refractivity contribution in [3.63, 3.8) is 0 Å². The van der Waals surface area contributed by atoms with Gasteiger partial charge in [0.2, 0.25) is 5.91 Å². The van der Waals surface area contributed by atoms with E-state index in [0.717, 1.165) is 0 Å². The van der Waals surface area contributed by atoms with Crippen LogP contribution in [0.2, 0.25) is 0 Å². The first-order chi connectivity index (χ1) is 8.79. The van der Waals surface area contributed by atoms with Crippen LogP contribution in [-0.2, 0) is 14.3 Å². The molecule has 5 nitrogen and oxygen atoms in total. The van der Waals surface area contributed by atoms with Gasteiger partial charge >= 0.3 is 12.1 Å². The molecule has 0 bridgehead atoms. The lowest BCUT2D eigenvalue weighted by Crippen LogP contribution is -2.48. The van der Waals surface area contributed by atoms with Gasteiger partial charge < -0.3 is 14.7 Å². The van der Waals surface area contributed by atoms with Crippen LogP contribution in [0.3, 0.4) is 0 Å². The molecule has 110 valence electrons. The van der Waals surface area contributed by atoms with Gasteiger partial charge in [-0.1, -0.05) is 0 Å². The number of carboxylic acid groups (broad SMARTS) is 1. The molecule has 1 rings (SSSR count). The fourth-order valence-corrected chi connectivity index (χ4v) is 2.75. The predicted octanol–water partition coefficient (Wildman–Crippen LogP) is 0.984. The van der Waals surface area contributed by atoms with Gasteiger partial charge in [0.15, 0.2) is 0 Å². The number of alkyl halides is 3. The topological polar surface area (TPSA) is 66.8 Å². The molecule has 0 aromatic rings. The summed E-state index contributed by atoms with van der Waals surface area (Å²) >= 11 is 1.52. The molecule has 1 aliphatic rings. The zero-order chi connectivity index (χ0) is 14.5. The number of hydrogen-bond acceptors (Lipinski definition) is 4. The SMILES string of the molecule is O=C(O)CC1CSCCN1C(=O)COCC(F)(F)F. The van der Waals surface area contributed by atoms with Gasteiger partial charge in [0.1, 0.15) is 13.2 Å². The molecule has 1 fully saturated rings. The summed E-state index contributed by atoms with van der Waals surface area (Å²) in [6.45, 7) is -1.83. The molecule has 0 aliphatic carbocycles. The van der Waals surface area contributed by atoms with Gasteiger partial charge in [-0.15, -0.1) is 0 Å². The molecule has 0 radical (unpaired) electrons. The van der Waals surface area contributed by atoms with Crippen LogP contribution in [0.1, 0.15) is 6.42 Å². The maximum Gasteiger partial charge on any atom is 0.411 e. The van der Waals surface area contributed by atoms with Gasteiger partial charge in [-0.25, -0.2) is 0 Å². The molecule has 1 saturated heterocycles. The number of nitrogens with zero attached hydrogens (tertiary/aromatic N) is 1. The van der Waals surface area contributed by atoms with Crippen molar-refractivity contribution in [1.82, 2.24) is 4.90 Å². The highest BCUT2D eigenvalue weighted by molar-refractivity contribution is 7.99. The third-order valence-corrected chi connectivity index (χ3v) is 3.54. The van der Waals surface area contributed by atoms with Crippen LogP contribution in [0.15, 0.2) is 0 Å². The van der Waals surface area contributed by atoms with Crippen LogP contribution in [0, 0.1) is 0 Å².